The minimum Gasteiger partial charge on any atom is -0.378 e. The zero-order chi connectivity index (χ0) is 13.4. The van der Waals surface area contributed by atoms with Crippen molar-refractivity contribution in [1.82, 2.24) is 4.90 Å². The van der Waals surface area contributed by atoms with Crippen LogP contribution in [0.25, 0.3) is 0 Å². The summed E-state index contributed by atoms with van der Waals surface area (Å²) in [6, 6.07) is 0. The van der Waals surface area contributed by atoms with Gasteiger partial charge in [-0.05, 0) is 44.1 Å². The van der Waals surface area contributed by atoms with Gasteiger partial charge < -0.3 is 10.5 Å². The van der Waals surface area contributed by atoms with Gasteiger partial charge in [-0.15, -0.1) is 0 Å². The summed E-state index contributed by atoms with van der Waals surface area (Å²) >= 11 is 0. The number of hydrogen-bond acceptors (Lipinski definition) is 3. The lowest BCUT2D eigenvalue weighted by molar-refractivity contribution is -0.0589. The molecule has 2 fully saturated rings. The smallest absolute Gasteiger partial charge is 0.0565 e. The van der Waals surface area contributed by atoms with Crippen molar-refractivity contribution in [1.29, 1.82) is 0 Å². The number of likely N-dealkylation sites (tertiary alicyclic amines) is 1. The molecule has 0 spiro atoms. The van der Waals surface area contributed by atoms with E-state index in [-0.39, 0.29) is 5.54 Å². The summed E-state index contributed by atoms with van der Waals surface area (Å²) < 4.78 is 5.71. The lowest BCUT2D eigenvalue weighted by atomic mass is 9.80. The van der Waals surface area contributed by atoms with Crippen LogP contribution in [-0.4, -0.2) is 42.8 Å². The Labute approximate surface area is 112 Å². The van der Waals surface area contributed by atoms with Gasteiger partial charge in [0.05, 0.1) is 6.10 Å². The average Bonchev–Trinajstić information content (AvgIpc) is 2.78. The molecule has 0 radical (unpaired) electrons. The largest absolute Gasteiger partial charge is 0.378 e. The normalized spacial score (nSPS) is 39.2. The van der Waals surface area contributed by atoms with Crippen LogP contribution in [0.15, 0.2) is 0 Å². The van der Waals surface area contributed by atoms with E-state index in [0.717, 1.165) is 31.9 Å². The van der Waals surface area contributed by atoms with Crippen LogP contribution in [0.4, 0.5) is 0 Å². The van der Waals surface area contributed by atoms with Crippen LogP contribution in [0.3, 0.4) is 0 Å². The predicted molar refractivity (Wildman–Crippen MR) is 75.6 cm³/mol. The fourth-order valence-corrected chi connectivity index (χ4v) is 3.65. The fourth-order valence-electron chi connectivity index (χ4n) is 3.65. The van der Waals surface area contributed by atoms with Crippen molar-refractivity contribution in [2.24, 2.45) is 17.1 Å². The van der Waals surface area contributed by atoms with Crippen molar-refractivity contribution in [3.63, 3.8) is 0 Å². The SMILES string of the molecule is CC1CC(CN)(N2CCC(C(C)(C)C)C2)CCO1. The highest BCUT2D eigenvalue weighted by Gasteiger charge is 2.44. The molecular formula is C15H30N2O. The van der Waals surface area contributed by atoms with E-state index in [4.69, 9.17) is 10.5 Å². The van der Waals surface area contributed by atoms with E-state index in [1.807, 2.05) is 0 Å². The summed E-state index contributed by atoms with van der Waals surface area (Å²) in [4.78, 5) is 2.67. The van der Waals surface area contributed by atoms with Gasteiger partial charge in [-0.3, -0.25) is 4.90 Å². The summed E-state index contributed by atoms with van der Waals surface area (Å²) in [6.07, 6.45) is 3.88. The van der Waals surface area contributed by atoms with Crippen LogP contribution in [0, 0.1) is 11.3 Å². The maximum atomic E-state index is 6.14. The van der Waals surface area contributed by atoms with Crippen molar-refractivity contribution in [2.45, 2.75) is 58.6 Å². The monoisotopic (exact) mass is 254 g/mol. The Balaban J connectivity index is 2.06. The van der Waals surface area contributed by atoms with E-state index in [1.54, 1.807) is 0 Å². The van der Waals surface area contributed by atoms with Crippen molar-refractivity contribution in [2.75, 3.05) is 26.2 Å². The van der Waals surface area contributed by atoms with Crippen LogP contribution >= 0.6 is 0 Å². The maximum Gasteiger partial charge on any atom is 0.0565 e. The molecule has 3 heteroatoms. The van der Waals surface area contributed by atoms with Crippen LogP contribution in [-0.2, 0) is 4.74 Å². The highest BCUT2D eigenvalue weighted by Crippen LogP contribution is 2.39. The summed E-state index contributed by atoms with van der Waals surface area (Å²) in [5, 5.41) is 0. The van der Waals surface area contributed by atoms with E-state index >= 15 is 0 Å². The first kappa shape index (κ1) is 14.3. The van der Waals surface area contributed by atoms with Crippen molar-refractivity contribution >= 4 is 0 Å². The van der Waals surface area contributed by atoms with Crippen LogP contribution in [0.2, 0.25) is 0 Å². The molecule has 0 bridgehead atoms. The van der Waals surface area contributed by atoms with E-state index in [9.17, 15) is 0 Å². The topological polar surface area (TPSA) is 38.5 Å². The molecule has 0 aliphatic carbocycles. The molecule has 2 rings (SSSR count). The first-order valence-corrected chi connectivity index (χ1v) is 7.44. The molecule has 2 heterocycles. The molecule has 0 saturated carbocycles. The number of nitrogens with zero attached hydrogens (tertiary/aromatic N) is 1. The lowest BCUT2D eigenvalue weighted by Crippen LogP contribution is -2.57. The zero-order valence-corrected chi connectivity index (χ0v) is 12.5. The third-order valence-corrected chi connectivity index (χ3v) is 5.10. The van der Waals surface area contributed by atoms with Gasteiger partial charge in [0.2, 0.25) is 0 Å². The maximum absolute atomic E-state index is 6.14. The Morgan fingerprint density at radius 3 is 2.61 bits per heavy atom. The lowest BCUT2D eigenvalue weighted by Gasteiger charge is -2.46. The minimum absolute atomic E-state index is 0.206. The molecule has 3 nitrogen and oxygen atoms in total. The first-order chi connectivity index (χ1) is 8.37. The van der Waals surface area contributed by atoms with Gasteiger partial charge >= 0.3 is 0 Å². The Kier molecular flexibility index (Phi) is 4.05. The first-order valence-electron chi connectivity index (χ1n) is 7.44. The highest BCUT2D eigenvalue weighted by atomic mass is 16.5. The van der Waals surface area contributed by atoms with E-state index in [2.05, 4.69) is 32.6 Å². The third kappa shape index (κ3) is 2.73. The molecule has 2 N–H and O–H groups in total. The molecule has 18 heavy (non-hydrogen) atoms. The molecule has 2 aliphatic heterocycles. The highest BCUT2D eigenvalue weighted by molar-refractivity contribution is 4.99. The molecule has 0 aromatic heterocycles. The Morgan fingerprint density at radius 1 is 1.39 bits per heavy atom. The van der Waals surface area contributed by atoms with Gasteiger partial charge in [0, 0.05) is 25.2 Å². The number of nitrogens with two attached hydrogens (primary N) is 1. The molecule has 3 atom stereocenters. The van der Waals surface area contributed by atoms with E-state index < -0.39 is 0 Å². The quantitative estimate of drug-likeness (QED) is 0.821. The Hall–Kier alpha value is -0.120. The number of hydrogen-bond donors (Lipinski definition) is 1. The molecule has 106 valence electrons. The third-order valence-electron chi connectivity index (χ3n) is 5.10. The summed E-state index contributed by atoms with van der Waals surface area (Å²) in [6.45, 7) is 13.3. The zero-order valence-electron chi connectivity index (χ0n) is 12.5. The second kappa shape index (κ2) is 5.10. The van der Waals surface area contributed by atoms with Gasteiger partial charge in [0.25, 0.3) is 0 Å². The molecule has 0 aromatic carbocycles. The van der Waals surface area contributed by atoms with Crippen molar-refractivity contribution < 1.29 is 4.74 Å². The van der Waals surface area contributed by atoms with Crippen molar-refractivity contribution in [3.05, 3.63) is 0 Å². The van der Waals surface area contributed by atoms with Crippen LogP contribution < -0.4 is 5.73 Å². The molecular weight excluding hydrogens is 224 g/mol. The average molecular weight is 254 g/mol. The van der Waals surface area contributed by atoms with Crippen LogP contribution in [0.5, 0.6) is 0 Å². The van der Waals surface area contributed by atoms with Gasteiger partial charge in [-0.25, -0.2) is 0 Å². The second-order valence-electron chi connectivity index (χ2n) is 7.36. The van der Waals surface area contributed by atoms with Crippen LogP contribution in [0.1, 0.15) is 47.0 Å². The van der Waals surface area contributed by atoms with Crippen molar-refractivity contribution in [3.8, 4) is 0 Å². The number of ether oxygens (including phenoxy) is 1. The molecule has 2 aliphatic rings. The molecule has 3 unspecified atom stereocenters. The minimum atomic E-state index is 0.206. The summed E-state index contributed by atoms with van der Waals surface area (Å²) in [5.74, 6) is 0.805. The van der Waals surface area contributed by atoms with Gasteiger partial charge in [0.15, 0.2) is 0 Å². The van der Waals surface area contributed by atoms with Gasteiger partial charge in [-0.2, -0.15) is 0 Å². The molecule has 2 saturated heterocycles. The fraction of sp³-hybridized carbons (Fsp3) is 1.00. The predicted octanol–water partition coefficient (Wildman–Crippen LogP) is 2.25. The standard InChI is InChI=1S/C15H30N2O/c1-12-9-15(11-16,6-8-18-12)17-7-5-13(10-17)14(2,3)4/h12-13H,5-11,16H2,1-4H3. The molecule has 0 aromatic rings. The number of rotatable bonds is 2. The summed E-state index contributed by atoms with van der Waals surface area (Å²) in [7, 11) is 0. The second-order valence-corrected chi connectivity index (χ2v) is 7.36. The van der Waals surface area contributed by atoms with Gasteiger partial charge in [-0.1, -0.05) is 20.8 Å². The Morgan fingerprint density at radius 2 is 2.11 bits per heavy atom. The van der Waals surface area contributed by atoms with Gasteiger partial charge in [0.1, 0.15) is 0 Å². The summed E-state index contributed by atoms with van der Waals surface area (Å²) in [5.41, 5.74) is 6.76. The molecule has 0 amide bonds. The van der Waals surface area contributed by atoms with E-state index in [1.165, 1.54) is 19.5 Å². The Bertz CT molecular complexity index is 287. The van der Waals surface area contributed by atoms with E-state index in [0.29, 0.717) is 11.5 Å².